The lowest BCUT2D eigenvalue weighted by Gasteiger charge is -2.31. The standard InChI is InChI=1S/C16H23N5O3S/c1-11-17-7-14(10-22)16(18-11)13-5-4-6-21(8-13)25(23,24)15-9-20(3)12(2)19-15/h7,9,13,22H,4-6,8,10H2,1-3H3. The fourth-order valence-corrected chi connectivity index (χ4v) is 4.70. The number of piperidine rings is 1. The Morgan fingerprint density at radius 3 is 2.72 bits per heavy atom. The van der Waals surface area contributed by atoms with Gasteiger partial charge in [-0.05, 0) is 26.7 Å². The van der Waals surface area contributed by atoms with Gasteiger partial charge in [-0.15, -0.1) is 0 Å². The lowest BCUT2D eigenvalue weighted by atomic mass is 9.93. The van der Waals surface area contributed by atoms with Gasteiger partial charge >= 0.3 is 0 Å². The first-order chi connectivity index (χ1) is 11.8. The van der Waals surface area contributed by atoms with Crippen LogP contribution in [0.15, 0.2) is 17.4 Å². The normalized spacial score (nSPS) is 19.3. The molecule has 1 fully saturated rings. The number of rotatable bonds is 4. The van der Waals surface area contributed by atoms with Crippen molar-refractivity contribution in [3.8, 4) is 0 Å². The summed E-state index contributed by atoms with van der Waals surface area (Å²) in [5.74, 6) is 1.21. The lowest BCUT2D eigenvalue weighted by molar-refractivity contribution is 0.272. The van der Waals surface area contributed by atoms with Crippen molar-refractivity contribution < 1.29 is 13.5 Å². The molecular weight excluding hydrogens is 342 g/mol. The van der Waals surface area contributed by atoms with E-state index in [1.807, 2.05) is 0 Å². The first kappa shape index (κ1) is 18.0. The Morgan fingerprint density at radius 1 is 1.32 bits per heavy atom. The molecule has 1 N–H and O–H groups in total. The van der Waals surface area contributed by atoms with E-state index in [2.05, 4.69) is 15.0 Å². The quantitative estimate of drug-likeness (QED) is 0.863. The molecule has 1 unspecified atom stereocenters. The number of aliphatic hydroxyl groups excluding tert-OH is 1. The van der Waals surface area contributed by atoms with Gasteiger partial charge in [-0.3, -0.25) is 0 Å². The molecule has 8 nitrogen and oxygen atoms in total. The first-order valence-corrected chi connectivity index (χ1v) is 9.70. The number of hydrogen-bond donors (Lipinski definition) is 1. The molecule has 0 radical (unpaired) electrons. The Kier molecular flexibility index (Phi) is 4.90. The summed E-state index contributed by atoms with van der Waals surface area (Å²) in [7, 11) is -1.86. The number of nitrogens with zero attached hydrogens (tertiary/aromatic N) is 5. The van der Waals surface area contributed by atoms with Gasteiger partial charge in [0.05, 0.1) is 12.3 Å². The van der Waals surface area contributed by atoms with Crippen molar-refractivity contribution in [3.63, 3.8) is 0 Å². The van der Waals surface area contributed by atoms with Crippen molar-refractivity contribution in [2.24, 2.45) is 7.05 Å². The molecule has 2 aromatic heterocycles. The second kappa shape index (κ2) is 6.81. The minimum Gasteiger partial charge on any atom is -0.392 e. The molecule has 3 rings (SSSR count). The molecule has 0 spiro atoms. The minimum atomic E-state index is -3.64. The summed E-state index contributed by atoms with van der Waals surface area (Å²) >= 11 is 0. The van der Waals surface area contributed by atoms with E-state index in [4.69, 9.17) is 0 Å². The van der Waals surface area contributed by atoms with E-state index < -0.39 is 10.0 Å². The van der Waals surface area contributed by atoms with Gasteiger partial charge in [-0.25, -0.2) is 23.4 Å². The van der Waals surface area contributed by atoms with Crippen LogP contribution in [-0.2, 0) is 23.7 Å². The average molecular weight is 365 g/mol. The van der Waals surface area contributed by atoms with Gasteiger partial charge in [0.15, 0.2) is 5.03 Å². The van der Waals surface area contributed by atoms with Crippen LogP contribution in [0.25, 0.3) is 0 Å². The van der Waals surface area contributed by atoms with Crippen LogP contribution >= 0.6 is 0 Å². The van der Waals surface area contributed by atoms with Gasteiger partial charge in [0.25, 0.3) is 10.0 Å². The third-order valence-electron chi connectivity index (χ3n) is 4.65. The number of sulfonamides is 1. The van der Waals surface area contributed by atoms with Crippen LogP contribution in [0.2, 0.25) is 0 Å². The summed E-state index contributed by atoms with van der Waals surface area (Å²) in [5, 5.41) is 9.63. The molecule has 1 aliphatic rings. The van der Waals surface area contributed by atoms with Gasteiger partial charge in [-0.1, -0.05) is 0 Å². The van der Waals surface area contributed by atoms with Crippen molar-refractivity contribution >= 4 is 10.0 Å². The van der Waals surface area contributed by atoms with Gasteiger partial charge < -0.3 is 9.67 Å². The summed E-state index contributed by atoms with van der Waals surface area (Å²) in [6.45, 7) is 4.21. The molecule has 9 heteroatoms. The van der Waals surface area contributed by atoms with E-state index in [0.29, 0.717) is 30.3 Å². The number of imidazole rings is 1. The van der Waals surface area contributed by atoms with Crippen molar-refractivity contribution in [2.75, 3.05) is 13.1 Å². The maximum atomic E-state index is 12.9. The minimum absolute atomic E-state index is 0.0582. The highest BCUT2D eigenvalue weighted by atomic mass is 32.2. The molecule has 3 heterocycles. The monoisotopic (exact) mass is 365 g/mol. The number of aromatic nitrogens is 4. The molecule has 1 saturated heterocycles. The zero-order valence-electron chi connectivity index (χ0n) is 14.7. The third-order valence-corrected chi connectivity index (χ3v) is 6.39. The Labute approximate surface area is 147 Å². The molecule has 1 atom stereocenters. The topological polar surface area (TPSA) is 101 Å². The SMILES string of the molecule is Cc1ncc(CO)c(C2CCCN(S(=O)(=O)c3cn(C)c(C)n3)C2)n1. The number of hydrogen-bond acceptors (Lipinski definition) is 6. The van der Waals surface area contributed by atoms with Crippen LogP contribution in [0.4, 0.5) is 0 Å². The Morgan fingerprint density at radius 2 is 2.08 bits per heavy atom. The van der Waals surface area contributed by atoms with E-state index in [0.717, 1.165) is 18.5 Å². The average Bonchev–Trinajstić information content (AvgIpc) is 2.95. The lowest BCUT2D eigenvalue weighted by Crippen LogP contribution is -2.39. The van der Waals surface area contributed by atoms with Crippen LogP contribution in [0.3, 0.4) is 0 Å². The summed E-state index contributed by atoms with van der Waals surface area (Å²) in [6, 6.07) is 0. The van der Waals surface area contributed by atoms with E-state index in [1.54, 1.807) is 37.9 Å². The Hall–Kier alpha value is -1.84. The van der Waals surface area contributed by atoms with E-state index in [-0.39, 0.29) is 17.6 Å². The second-order valence-corrected chi connectivity index (χ2v) is 8.31. The Bertz CT molecular complexity index is 858. The van der Waals surface area contributed by atoms with Crippen molar-refractivity contribution in [2.45, 2.75) is 44.2 Å². The predicted molar refractivity (Wildman–Crippen MR) is 91.4 cm³/mol. The van der Waals surface area contributed by atoms with E-state index in [9.17, 15) is 13.5 Å². The molecule has 0 amide bonds. The highest BCUT2D eigenvalue weighted by Gasteiger charge is 2.34. The molecule has 0 bridgehead atoms. The number of aryl methyl sites for hydroxylation is 3. The van der Waals surface area contributed by atoms with Crippen LogP contribution in [0.5, 0.6) is 0 Å². The second-order valence-electron chi connectivity index (χ2n) is 6.43. The maximum absolute atomic E-state index is 12.9. The molecule has 2 aromatic rings. The Balaban J connectivity index is 1.90. The fourth-order valence-electron chi connectivity index (χ4n) is 3.15. The molecule has 0 saturated carbocycles. The van der Waals surface area contributed by atoms with Crippen LogP contribution in [-0.4, -0.2) is 50.4 Å². The van der Waals surface area contributed by atoms with Crippen LogP contribution in [0, 0.1) is 13.8 Å². The molecule has 25 heavy (non-hydrogen) atoms. The maximum Gasteiger partial charge on any atom is 0.262 e. The predicted octanol–water partition coefficient (Wildman–Crippen LogP) is 0.888. The third kappa shape index (κ3) is 3.44. The smallest absolute Gasteiger partial charge is 0.262 e. The highest BCUT2D eigenvalue weighted by molar-refractivity contribution is 7.89. The summed E-state index contributed by atoms with van der Waals surface area (Å²) in [5.41, 5.74) is 1.40. The van der Waals surface area contributed by atoms with Crippen molar-refractivity contribution in [1.29, 1.82) is 0 Å². The van der Waals surface area contributed by atoms with Crippen LogP contribution in [0.1, 0.15) is 41.7 Å². The van der Waals surface area contributed by atoms with Gasteiger partial charge in [0.1, 0.15) is 11.6 Å². The molecule has 0 aromatic carbocycles. The van der Waals surface area contributed by atoms with E-state index >= 15 is 0 Å². The molecule has 136 valence electrons. The van der Waals surface area contributed by atoms with Crippen molar-refractivity contribution in [3.05, 3.63) is 35.3 Å². The van der Waals surface area contributed by atoms with E-state index in [1.165, 1.54) is 4.31 Å². The molecule has 1 aliphatic heterocycles. The van der Waals surface area contributed by atoms with Crippen LogP contribution < -0.4 is 0 Å². The summed E-state index contributed by atoms with van der Waals surface area (Å²) < 4.78 is 29.0. The zero-order valence-corrected chi connectivity index (χ0v) is 15.5. The van der Waals surface area contributed by atoms with Gasteiger partial charge in [0, 0.05) is 44.0 Å². The van der Waals surface area contributed by atoms with Gasteiger partial charge in [-0.2, -0.15) is 4.31 Å². The molecule has 0 aliphatic carbocycles. The summed E-state index contributed by atoms with van der Waals surface area (Å²) in [6.07, 6.45) is 4.73. The molecular formula is C16H23N5O3S. The van der Waals surface area contributed by atoms with Crippen molar-refractivity contribution in [1.82, 2.24) is 23.8 Å². The summed E-state index contributed by atoms with van der Waals surface area (Å²) in [4.78, 5) is 12.8. The first-order valence-electron chi connectivity index (χ1n) is 8.26. The highest BCUT2D eigenvalue weighted by Crippen LogP contribution is 2.30. The zero-order chi connectivity index (χ0) is 18.2. The fraction of sp³-hybridized carbons (Fsp3) is 0.562. The number of aliphatic hydroxyl groups is 1. The largest absolute Gasteiger partial charge is 0.392 e. The van der Waals surface area contributed by atoms with Gasteiger partial charge in [0.2, 0.25) is 0 Å².